The van der Waals surface area contributed by atoms with Crippen LogP contribution >= 0.6 is 0 Å². The minimum absolute atomic E-state index is 0.00597. The molecule has 0 unspecified atom stereocenters. The normalized spacial score (nSPS) is 22.6. The second-order valence-corrected chi connectivity index (χ2v) is 11.1. The van der Waals surface area contributed by atoms with E-state index in [9.17, 15) is 9.90 Å². The predicted molar refractivity (Wildman–Crippen MR) is 129 cm³/mol. The van der Waals surface area contributed by atoms with Crippen LogP contribution in [0, 0.1) is 6.92 Å². The van der Waals surface area contributed by atoms with Gasteiger partial charge in [0.2, 0.25) is 0 Å². The molecule has 3 aliphatic carbocycles. The predicted octanol–water partition coefficient (Wildman–Crippen LogP) is 6.62. The Morgan fingerprint density at radius 3 is 2.12 bits per heavy atom. The van der Waals surface area contributed by atoms with Gasteiger partial charge in [0.05, 0.1) is 11.3 Å². The quantitative estimate of drug-likeness (QED) is 0.560. The van der Waals surface area contributed by atoms with Gasteiger partial charge < -0.3 is 5.11 Å². The lowest BCUT2D eigenvalue weighted by Gasteiger charge is -2.38. The highest BCUT2D eigenvalue weighted by Gasteiger charge is 2.49. The third kappa shape index (κ3) is 3.17. The van der Waals surface area contributed by atoms with E-state index >= 15 is 0 Å². The van der Waals surface area contributed by atoms with Gasteiger partial charge in [0.15, 0.2) is 5.78 Å². The first kappa shape index (κ1) is 21.2. The van der Waals surface area contributed by atoms with Crippen LogP contribution in [0.1, 0.15) is 93.3 Å². The number of fused-ring (bicyclic) bond motifs is 1. The Morgan fingerprint density at radius 1 is 0.906 bits per heavy atom. The minimum atomic E-state index is -0.0496. The third-order valence-corrected chi connectivity index (χ3v) is 7.86. The first-order valence-electron chi connectivity index (χ1n) is 11.8. The fourth-order valence-corrected chi connectivity index (χ4v) is 5.65. The van der Waals surface area contributed by atoms with E-state index in [0.29, 0.717) is 18.4 Å². The second kappa shape index (κ2) is 6.91. The number of aryl methyl sites for hydroxylation is 1. The molecule has 0 aliphatic heterocycles. The third-order valence-electron chi connectivity index (χ3n) is 7.86. The van der Waals surface area contributed by atoms with E-state index in [1.54, 1.807) is 6.20 Å². The summed E-state index contributed by atoms with van der Waals surface area (Å²) in [7, 11) is 0. The van der Waals surface area contributed by atoms with Crippen molar-refractivity contribution in [1.82, 2.24) is 4.98 Å². The number of rotatable bonds is 3. The molecule has 1 saturated carbocycles. The van der Waals surface area contributed by atoms with Crippen molar-refractivity contribution in [1.29, 1.82) is 0 Å². The van der Waals surface area contributed by atoms with Crippen molar-refractivity contribution >= 4 is 11.4 Å². The molecule has 3 aliphatic rings. The van der Waals surface area contributed by atoms with Crippen molar-refractivity contribution in [2.24, 2.45) is 0 Å². The molecular weight excluding hydrogens is 394 g/mol. The van der Waals surface area contributed by atoms with Crippen molar-refractivity contribution in [2.75, 3.05) is 0 Å². The number of pyridine rings is 1. The van der Waals surface area contributed by atoms with Crippen molar-refractivity contribution in [3.05, 3.63) is 81.9 Å². The molecule has 1 heterocycles. The van der Waals surface area contributed by atoms with Crippen LogP contribution < -0.4 is 0 Å². The summed E-state index contributed by atoms with van der Waals surface area (Å²) in [4.78, 5) is 17.2. The standard InChI is InChI=1S/C29H33NO2/c1-18-15-21-22(28(4,5)12-11-27(21,2)3)16-20(18)29(13-14-29)25-10-9-19(17-30-25)26-23(31)7-6-8-24(26)32/h9-12,15-17,31H,6-8,13-14H2,1-5H3. The van der Waals surface area contributed by atoms with Gasteiger partial charge in [-0.1, -0.05) is 58.0 Å². The number of aromatic nitrogens is 1. The Labute approximate surface area is 191 Å². The summed E-state index contributed by atoms with van der Waals surface area (Å²) in [5.41, 5.74) is 7.80. The number of Topliss-reactive ketones (excluding diaryl/α,β-unsaturated/α-hetero) is 1. The number of ketones is 1. The number of nitrogens with zero attached hydrogens (tertiary/aromatic N) is 1. The van der Waals surface area contributed by atoms with Gasteiger partial charge in [0.25, 0.3) is 0 Å². The van der Waals surface area contributed by atoms with Crippen LogP contribution in [-0.4, -0.2) is 15.9 Å². The minimum Gasteiger partial charge on any atom is -0.512 e. The van der Waals surface area contributed by atoms with Crippen LogP contribution in [0.3, 0.4) is 0 Å². The number of aliphatic hydroxyl groups is 1. The van der Waals surface area contributed by atoms with E-state index in [1.165, 1.54) is 22.3 Å². The summed E-state index contributed by atoms with van der Waals surface area (Å²) in [6, 6.07) is 8.88. The molecule has 3 nitrogen and oxygen atoms in total. The molecule has 1 aromatic heterocycles. The van der Waals surface area contributed by atoms with Crippen molar-refractivity contribution in [2.45, 2.75) is 83.0 Å². The number of hydrogen-bond acceptors (Lipinski definition) is 3. The summed E-state index contributed by atoms with van der Waals surface area (Å²) in [5.74, 6) is 0.230. The molecule has 0 atom stereocenters. The SMILES string of the molecule is Cc1cc2c(cc1C1(c3ccc(C4=C(O)CCCC4=O)cn3)CC1)C(C)(C)C=CC2(C)C. The molecule has 1 fully saturated rings. The Hall–Kier alpha value is -2.68. The number of hydrogen-bond donors (Lipinski definition) is 1. The smallest absolute Gasteiger partial charge is 0.166 e. The number of benzene rings is 1. The van der Waals surface area contributed by atoms with E-state index < -0.39 is 0 Å². The maximum Gasteiger partial charge on any atom is 0.166 e. The molecule has 0 spiro atoms. The average Bonchev–Trinajstić information content (AvgIpc) is 3.53. The van der Waals surface area contributed by atoms with Gasteiger partial charge in [-0.15, -0.1) is 0 Å². The number of carbonyl (C=O) groups is 1. The fraction of sp³-hybridized carbons (Fsp3) is 0.448. The molecule has 5 rings (SSSR count). The highest BCUT2D eigenvalue weighted by molar-refractivity contribution is 6.21. The molecule has 32 heavy (non-hydrogen) atoms. The van der Waals surface area contributed by atoms with Crippen molar-refractivity contribution in [3.63, 3.8) is 0 Å². The summed E-state index contributed by atoms with van der Waals surface area (Å²) >= 11 is 0. The fourth-order valence-electron chi connectivity index (χ4n) is 5.65. The Kier molecular flexibility index (Phi) is 4.57. The highest BCUT2D eigenvalue weighted by atomic mass is 16.3. The van der Waals surface area contributed by atoms with Crippen LogP contribution in [0.4, 0.5) is 0 Å². The molecule has 0 saturated heterocycles. The van der Waals surface area contributed by atoms with Crippen LogP contribution in [0.15, 0.2) is 48.4 Å². The van der Waals surface area contributed by atoms with E-state index in [4.69, 9.17) is 4.98 Å². The van der Waals surface area contributed by atoms with Crippen molar-refractivity contribution < 1.29 is 9.90 Å². The molecule has 1 N–H and O–H groups in total. The van der Waals surface area contributed by atoms with E-state index in [-0.39, 0.29) is 27.8 Å². The zero-order valence-electron chi connectivity index (χ0n) is 19.9. The van der Waals surface area contributed by atoms with Gasteiger partial charge >= 0.3 is 0 Å². The van der Waals surface area contributed by atoms with Crippen molar-refractivity contribution in [3.8, 4) is 0 Å². The highest BCUT2D eigenvalue weighted by Crippen LogP contribution is 2.55. The molecule has 166 valence electrons. The van der Waals surface area contributed by atoms with Gasteiger partial charge in [0.1, 0.15) is 5.76 Å². The summed E-state index contributed by atoms with van der Waals surface area (Å²) in [5, 5.41) is 10.3. The van der Waals surface area contributed by atoms with E-state index in [0.717, 1.165) is 30.5 Å². The number of carbonyl (C=O) groups excluding carboxylic acids is 1. The topological polar surface area (TPSA) is 50.2 Å². The summed E-state index contributed by atoms with van der Waals surface area (Å²) in [6.07, 6.45) is 10.5. The monoisotopic (exact) mass is 427 g/mol. The number of allylic oxidation sites excluding steroid dienone is 4. The van der Waals surface area contributed by atoms with Gasteiger partial charge in [-0.05, 0) is 54.5 Å². The lowest BCUT2D eigenvalue weighted by atomic mass is 9.66. The Balaban J connectivity index is 1.56. The molecule has 0 bridgehead atoms. The number of aliphatic hydroxyl groups excluding tert-OH is 1. The van der Waals surface area contributed by atoms with Gasteiger partial charge in [-0.25, -0.2) is 0 Å². The lowest BCUT2D eigenvalue weighted by Crippen LogP contribution is -2.30. The Bertz CT molecular complexity index is 1170. The average molecular weight is 428 g/mol. The maximum absolute atomic E-state index is 12.4. The van der Waals surface area contributed by atoms with Crippen LogP contribution in [0.25, 0.3) is 5.57 Å². The molecule has 2 aromatic rings. The molecule has 0 amide bonds. The zero-order chi connectivity index (χ0) is 22.9. The van der Waals surface area contributed by atoms with Gasteiger partial charge in [-0.3, -0.25) is 9.78 Å². The van der Waals surface area contributed by atoms with E-state index in [2.05, 4.69) is 65.0 Å². The zero-order valence-corrected chi connectivity index (χ0v) is 19.9. The molecule has 1 aromatic carbocycles. The van der Waals surface area contributed by atoms with Crippen LogP contribution in [0.5, 0.6) is 0 Å². The lowest BCUT2D eigenvalue weighted by molar-refractivity contribution is -0.114. The van der Waals surface area contributed by atoms with E-state index in [1.807, 2.05) is 6.07 Å². The molecule has 0 radical (unpaired) electrons. The first-order chi connectivity index (χ1) is 15.1. The Morgan fingerprint density at radius 2 is 1.56 bits per heavy atom. The van der Waals surface area contributed by atoms with Gasteiger partial charge in [-0.2, -0.15) is 0 Å². The molecule has 3 heteroatoms. The van der Waals surface area contributed by atoms with Gasteiger partial charge in [0, 0.05) is 40.8 Å². The van der Waals surface area contributed by atoms with Crippen LogP contribution in [0.2, 0.25) is 0 Å². The maximum atomic E-state index is 12.4. The second-order valence-electron chi connectivity index (χ2n) is 11.1. The first-order valence-corrected chi connectivity index (χ1v) is 11.8. The summed E-state index contributed by atoms with van der Waals surface area (Å²) in [6.45, 7) is 11.4. The van der Waals surface area contributed by atoms with Crippen LogP contribution in [-0.2, 0) is 21.0 Å². The summed E-state index contributed by atoms with van der Waals surface area (Å²) < 4.78 is 0. The largest absolute Gasteiger partial charge is 0.512 e. The molecular formula is C29H33NO2.